The highest BCUT2D eigenvalue weighted by molar-refractivity contribution is 6.05. The van der Waals surface area contributed by atoms with E-state index in [-0.39, 0.29) is 25.2 Å². The summed E-state index contributed by atoms with van der Waals surface area (Å²) in [5.41, 5.74) is 10.1. The first-order valence-electron chi connectivity index (χ1n) is 14.3. The Bertz CT molecular complexity index is 1920. The fourth-order valence-electron chi connectivity index (χ4n) is 6.12. The van der Waals surface area contributed by atoms with Gasteiger partial charge in [-0.2, -0.15) is 15.3 Å². The molecule has 5 aromatic rings. The minimum atomic E-state index is -1.36. The van der Waals surface area contributed by atoms with Crippen molar-refractivity contribution in [2.45, 2.75) is 44.6 Å². The number of likely N-dealkylation sites (tertiary alicyclic amines) is 1. The summed E-state index contributed by atoms with van der Waals surface area (Å²) < 4.78 is 18.2. The van der Waals surface area contributed by atoms with Crippen LogP contribution in [0.5, 0.6) is 0 Å². The van der Waals surface area contributed by atoms with Crippen molar-refractivity contribution >= 4 is 34.3 Å². The molecule has 2 aromatic carbocycles. The number of nitrogens with two attached hydrogens (primary N) is 1. The molecule has 13 heteroatoms. The number of primary amides is 1. The number of carbonyl (C=O) groups is 3. The molecular weight excluding hydrogens is 565 g/mol. The predicted molar refractivity (Wildman–Crippen MR) is 159 cm³/mol. The van der Waals surface area contributed by atoms with E-state index in [9.17, 15) is 18.8 Å². The van der Waals surface area contributed by atoms with Gasteiger partial charge in [-0.3, -0.25) is 19.1 Å². The molecule has 5 heterocycles. The topological polar surface area (TPSA) is 154 Å². The lowest BCUT2D eigenvalue weighted by molar-refractivity contribution is -0.137. The Kier molecular flexibility index (Phi) is 6.84. The highest BCUT2D eigenvalue weighted by atomic mass is 19.1. The summed E-state index contributed by atoms with van der Waals surface area (Å²) in [5, 5.41) is 15.3. The van der Waals surface area contributed by atoms with Crippen LogP contribution < -0.4 is 11.1 Å². The van der Waals surface area contributed by atoms with Crippen molar-refractivity contribution in [3.05, 3.63) is 78.6 Å². The average Bonchev–Trinajstić information content (AvgIpc) is 3.81. The molecule has 1 fully saturated rings. The number of rotatable bonds is 7. The molecule has 1 saturated heterocycles. The lowest BCUT2D eigenvalue weighted by atomic mass is 10.0. The number of imidazole rings is 1. The van der Waals surface area contributed by atoms with E-state index in [0.29, 0.717) is 16.6 Å². The van der Waals surface area contributed by atoms with E-state index >= 15 is 0 Å². The average molecular weight is 594 g/mol. The molecule has 2 unspecified atom stereocenters. The molecule has 3 amide bonds. The van der Waals surface area contributed by atoms with Crippen LogP contribution in [-0.4, -0.2) is 70.9 Å². The Balaban J connectivity index is 1.11. The second-order valence-corrected chi connectivity index (χ2v) is 11.0. The van der Waals surface area contributed by atoms with Crippen molar-refractivity contribution in [1.29, 1.82) is 0 Å². The zero-order valence-electron chi connectivity index (χ0n) is 23.6. The Morgan fingerprint density at radius 3 is 2.73 bits per heavy atom. The molecule has 222 valence electrons. The van der Waals surface area contributed by atoms with Crippen LogP contribution in [0.15, 0.2) is 67.1 Å². The van der Waals surface area contributed by atoms with Crippen LogP contribution in [0.3, 0.4) is 0 Å². The number of nitrogens with zero attached hydrogens (tertiary/aromatic N) is 7. The number of amides is 3. The second-order valence-electron chi connectivity index (χ2n) is 11.0. The van der Waals surface area contributed by atoms with E-state index < -0.39 is 29.9 Å². The maximum Gasteiger partial charge on any atom is 0.269 e. The molecule has 0 spiro atoms. The Morgan fingerprint density at radius 2 is 1.91 bits per heavy atom. The van der Waals surface area contributed by atoms with Crippen molar-refractivity contribution in [3.63, 3.8) is 0 Å². The Labute approximate surface area is 250 Å². The first-order chi connectivity index (χ1) is 21.4. The molecule has 2 aliphatic rings. The summed E-state index contributed by atoms with van der Waals surface area (Å²) >= 11 is 0. The normalized spacial score (nSPS) is 17.6. The van der Waals surface area contributed by atoms with Crippen molar-refractivity contribution < 1.29 is 18.8 Å². The lowest BCUT2D eigenvalue weighted by Gasteiger charge is -2.24. The van der Waals surface area contributed by atoms with E-state index in [1.165, 1.54) is 9.58 Å². The largest absolute Gasteiger partial charge is 0.364 e. The number of fused-ring (bicyclic) bond motifs is 2. The van der Waals surface area contributed by atoms with Gasteiger partial charge in [0.05, 0.1) is 36.3 Å². The molecule has 0 bridgehead atoms. The molecule has 0 saturated carbocycles. The number of benzene rings is 2. The van der Waals surface area contributed by atoms with E-state index in [1.54, 1.807) is 36.7 Å². The van der Waals surface area contributed by atoms with Crippen molar-refractivity contribution in [3.8, 4) is 22.4 Å². The fourth-order valence-corrected chi connectivity index (χ4v) is 6.12. The third-order valence-corrected chi connectivity index (χ3v) is 8.21. The molecule has 0 aliphatic carbocycles. The van der Waals surface area contributed by atoms with Crippen LogP contribution in [0.4, 0.5) is 10.1 Å². The van der Waals surface area contributed by atoms with Crippen molar-refractivity contribution in [1.82, 2.24) is 34.4 Å². The van der Waals surface area contributed by atoms with Crippen LogP contribution in [0.2, 0.25) is 0 Å². The molecule has 3 N–H and O–H groups in total. The van der Waals surface area contributed by atoms with Gasteiger partial charge in [0, 0.05) is 41.6 Å². The number of anilines is 1. The smallest absolute Gasteiger partial charge is 0.269 e. The number of hydrogen-bond acceptors (Lipinski definition) is 7. The minimum absolute atomic E-state index is 0.000501. The number of halogens is 1. The van der Waals surface area contributed by atoms with Gasteiger partial charge < -0.3 is 20.5 Å². The maximum atomic E-state index is 14.7. The van der Waals surface area contributed by atoms with E-state index in [4.69, 9.17) is 5.73 Å². The number of hydrogen-bond donors (Lipinski definition) is 2. The van der Waals surface area contributed by atoms with Crippen molar-refractivity contribution in [2.75, 3.05) is 11.9 Å². The summed E-state index contributed by atoms with van der Waals surface area (Å²) in [6, 6.07) is 13.5. The molecule has 2 atom stereocenters. The maximum absolute atomic E-state index is 14.7. The number of aromatic nitrogens is 6. The summed E-state index contributed by atoms with van der Waals surface area (Å²) in [4.78, 5) is 44.9. The Hall–Kier alpha value is -5.46. The first-order valence-corrected chi connectivity index (χ1v) is 14.3. The predicted octanol–water partition coefficient (Wildman–Crippen LogP) is 2.98. The van der Waals surface area contributed by atoms with Gasteiger partial charge in [0.1, 0.15) is 24.6 Å². The van der Waals surface area contributed by atoms with Crippen molar-refractivity contribution in [2.24, 2.45) is 5.73 Å². The molecule has 44 heavy (non-hydrogen) atoms. The van der Waals surface area contributed by atoms with Crippen LogP contribution in [-0.2, 0) is 29.1 Å². The van der Waals surface area contributed by atoms with Gasteiger partial charge in [-0.25, -0.2) is 9.37 Å². The van der Waals surface area contributed by atoms with Gasteiger partial charge in [0.15, 0.2) is 5.69 Å². The summed E-state index contributed by atoms with van der Waals surface area (Å²) in [6.07, 6.45) is 5.48. The number of aryl methyl sites for hydroxylation is 1. The van der Waals surface area contributed by atoms with Gasteiger partial charge in [-0.15, -0.1) is 0 Å². The van der Waals surface area contributed by atoms with Crippen LogP contribution >= 0.6 is 0 Å². The SMILES string of the molecule is NC(=O)c1nn(CC(=O)N2CC(F)CC2C(=O)Nc2cccc(-c3cnc4n3CCC4)c2)c2ccc(-c3ccnnc3)cc12. The van der Waals surface area contributed by atoms with Gasteiger partial charge in [-0.1, -0.05) is 18.2 Å². The van der Waals surface area contributed by atoms with Gasteiger partial charge in [0.2, 0.25) is 11.8 Å². The summed E-state index contributed by atoms with van der Waals surface area (Å²) in [7, 11) is 0. The lowest BCUT2D eigenvalue weighted by Crippen LogP contribution is -2.44. The van der Waals surface area contributed by atoms with Crippen LogP contribution in [0, 0.1) is 0 Å². The summed E-state index contributed by atoms with van der Waals surface area (Å²) in [5.74, 6) is -0.691. The zero-order valence-corrected chi connectivity index (χ0v) is 23.6. The molecule has 3 aromatic heterocycles. The highest BCUT2D eigenvalue weighted by Gasteiger charge is 2.40. The van der Waals surface area contributed by atoms with Gasteiger partial charge in [-0.05, 0) is 42.3 Å². The van der Waals surface area contributed by atoms with E-state index in [2.05, 4.69) is 30.2 Å². The van der Waals surface area contributed by atoms with E-state index in [0.717, 1.165) is 47.6 Å². The third kappa shape index (κ3) is 4.95. The number of nitrogens with one attached hydrogen (secondary N) is 1. The third-order valence-electron chi connectivity index (χ3n) is 8.21. The second kappa shape index (κ2) is 11.0. The molecule has 12 nitrogen and oxygen atoms in total. The fraction of sp³-hybridized carbons (Fsp3) is 0.258. The molecular formula is C31H28FN9O3. The molecule has 0 radical (unpaired) electrons. The van der Waals surface area contributed by atoms with Crippen LogP contribution in [0.25, 0.3) is 33.3 Å². The van der Waals surface area contributed by atoms with Gasteiger partial charge in [0.25, 0.3) is 5.91 Å². The highest BCUT2D eigenvalue weighted by Crippen LogP contribution is 2.30. The summed E-state index contributed by atoms with van der Waals surface area (Å²) in [6.45, 7) is 0.367. The first kappa shape index (κ1) is 27.4. The monoisotopic (exact) mass is 593 g/mol. The molecule has 7 rings (SSSR count). The van der Waals surface area contributed by atoms with E-state index in [1.807, 2.05) is 30.5 Å². The van der Waals surface area contributed by atoms with Crippen LogP contribution in [0.1, 0.15) is 29.2 Å². The molecule has 2 aliphatic heterocycles. The van der Waals surface area contributed by atoms with Gasteiger partial charge >= 0.3 is 0 Å². The Morgan fingerprint density at radius 1 is 1.02 bits per heavy atom. The number of carbonyl (C=O) groups excluding carboxylic acids is 3. The number of alkyl halides is 1. The quantitative estimate of drug-likeness (QED) is 0.294. The minimum Gasteiger partial charge on any atom is -0.364 e. The zero-order chi connectivity index (χ0) is 30.4. The standard InChI is InChI=1S/C31H28FN9O3/c32-21-13-25(31(44)37-22-4-1-3-19(11-22)26-15-34-27-5-2-10-39(26)27)40(16-21)28(42)17-41-24-7-6-18(20-8-9-35-36-14-20)12-23(24)29(38-41)30(33)43/h1,3-4,6-9,11-12,14-15,21,25H,2,5,10,13,16-17H2,(H2,33,43)(H,37,44).